The van der Waals surface area contributed by atoms with Gasteiger partial charge in [-0.15, -0.1) is 0 Å². The van der Waals surface area contributed by atoms with Gasteiger partial charge in [0.2, 0.25) is 5.91 Å². The second-order valence-corrected chi connectivity index (χ2v) is 8.55. The summed E-state index contributed by atoms with van der Waals surface area (Å²) in [5, 5.41) is 5.98. The van der Waals surface area contributed by atoms with Crippen LogP contribution in [0.2, 0.25) is 0 Å². The van der Waals surface area contributed by atoms with Gasteiger partial charge < -0.3 is 9.88 Å². The molecule has 162 valence electrons. The predicted octanol–water partition coefficient (Wildman–Crippen LogP) is 5.39. The monoisotopic (exact) mass is 424 g/mol. The molecule has 32 heavy (non-hydrogen) atoms. The number of aryl methyl sites for hydroxylation is 1. The van der Waals surface area contributed by atoms with Crippen molar-refractivity contribution in [3.8, 4) is 5.69 Å². The van der Waals surface area contributed by atoms with Crippen LogP contribution >= 0.6 is 0 Å². The molecule has 0 atom stereocenters. The SMILES string of the molecule is Cc1nn(-c2ccccc2)c(C)c1/C=C/C(=O)N1CCC(c2c[nH]c3ccccc23)CC1. The number of aromatic amines is 1. The zero-order valence-electron chi connectivity index (χ0n) is 18.6. The zero-order valence-corrected chi connectivity index (χ0v) is 18.6. The van der Waals surface area contributed by atoms with Gasteiger partial charge in [-0.25, -0.2) is 4.68 Å². The molecule has 0 spiro atoms. The summed E-state index contributed by atoms with van der Waals surface area (Å²) in [7, 11) is 0. The molecule has 1 N–H and O–H groups in total. The Bertz CT molecular complexity index is 1270. The van der Waals surface area contributed by atoms with Gasteiger partial charge in [-0.1, -0.05) is 36.4 Å². The summed E-state index contributed by atoms with van der Waals surface area (Å²) in [4.78, 5) is 18.2. The number of nitrogens with one attached hydrogen (secondary N) is 1. The van der Waals surface area contributed by atoms with Crippen LogP contribution in [0.1, 0.15) is 41.3 Å². The second-order valence-electron chi connectivity index (χ2n) is 8.55. The third-order valence-corrected chi connectivity index (χ3v) is 6.61. The van der Waals surface area contributed by atoms with E-state index in [0.29, 0.717) is 5.92 Å². The van der Waals surface area contributed by atoms with Crippen LogP contribution in [0.15, 0.2) is 66.9 Å². The normalized spacial score (nSPS) is 15.1. The number of piperidine rings is 1. The first-order valence-electron chi connectivity index (χ1n) is 11.3. The molecular formula is C27H28N4O. The molecule has 0 bridgehead atoms. The molecule has 2 aromatic heterocycles. The van der Waals surface area contributed by atoms with E-state index >= 15 is 0 Å². The number of fused-ring (bicyclic) bond motifs is 1. The first kappa shape index (κ1) is 20.3. The smallest absolute Gasteiger partial charge is 0.246 e. The van der Waals surface area contributed by atoms with E-state index in [1.54, 1.807) is 6.08 Å². The summed E-state index contributed by atoms with van der Waals surface area (Å²) in [6.07, 6.45) is 7.75. The number of hydrogen-bond donors (Lipinski definition) is 1. The lowest BCUT2D eigenvalue weighted by Gasteiger charge is -2.31. The van der Waals surface area contributed by atoms with E-state index < -0.39 is 0 Å². The molecule has 5 heteroatoms. The number of para-hydroxylation sites is 2. The van der Waals surface area contributed by atoms with Gasteiger partial charge in [-0.05, 0) is 62.4 Å². The highest BCUT2D eigenvalue weighted by Gasteiger charge is 2.24. The molecule has 2 aromatic carbocycles. The van der Waals surface area contributed by atoms with Gasteiger partial charge in [0.1, 0.15) is 0 Å². The highest BCUT2D eigenvalue weighted by Crippen LogP contribution is 2.33. The van der Waals surface area contributed by atoms with Gasteiger partial charge in [0.15, 0.2) is 0 Å². The largest absolute Gasteiger partial charge is 0.361 e. The van der Waals surface area contributed by atoms with Gasteiger partial charge in [0.25, 0.3) is 0 Å². The summed E-state index contributed by atoms with van der Waals surface area (Å²) in [5.74, 6) is 0.571. The molecule has 0 aliphatic carbocycles. The molecule has 1 amide bonds. The highest BCUT2D eigenvalue weighted by molar-refractivity contribution is 5.92. The van der Waals surface area contributed by atoms with E-state index in [9.17, 15) is 4.79 Å². The Kier molecular flexibility index (Phi) is 5.39. The van der Waals surface area contributed by atoms with Crippen LogP contribution in [-0.4, -0.2) is 38.7 Å². The fourth-order valence-corrected chi connectivity index (χ4v) is 4.82. The maximum atomic E-state index is 12.9. The van der Waals surface area contributed by atoms with Crippen molar-refractivity contribution in [1.82, 2.24) is 19.7 Å². The van der Waals surface area contributed by atoms with Crippen LogP contribution in [0.3, 0.4) is 0 Å². The van der Waals surface area contributed by atoms with E-state index in [0.717, 1.165) is 48.6 Å². The van der Waals surface area contributed by atoms with Crippen LogP contribution in [-0.2, 0) is 4.79 Å². The van der Waals surface area contributed by atoms with Crippen molar-refractivity contribution in [3.05, 3.63) is 89.4 Å². The number of aromatic nitrogens is 3. The lowest BCUT2D eigenvalue weighted by molar-refractivity contribution is -0.126. The molecule has 5 rings (SSSR count). The Labute approximate surface area is 188 Å². The molecule has 1 fully saturated rings. The predicted molar refractivity (Wildman–Crippen MR) is 129 cm³/mol. The lowest BCUT2D eigenvalue weighted by Crippen LogP contribution is -2.36. The van der Waals surface area contributed by atoms with E-state index in [1.807, 2.05) is 59.8 Å². The van der Waals surface area contributed by atoms with Gasteiger partial charge in [0.05, 0.1) is 11.4 Å². The third-order valence-electron chi connectivity index (χ3n) is 6.61. The van der Waals surface area contributed by atoms with Crippen LogP contribution < -0.4 is 0 Å². The van der Waals surface area contributed by atoms with Crippen LogP contribution in [0.5, 0.6) is 0 Å². The van der Waals surface area contributed by atoms with E-state index in [-0.39, 0.29) is 5.91 Å². The Hall–Kier alpha value is -3.60. The molecule has 3 heterocycles. The second kappa shape index (κ2) is 8.50. The summed E-state index contributed by atoms with van der Waals surface area (Å²) in [5.41, 5.74) is 6.56. The quantitative estimate of drug-likeness (QED) is 0.447. The van der Waals surface area contributed by atoms with Crippen LogP contribution in [0.25, 0.3) is 22.7 Å². The first-order valence-corrected chi connectivity index (χ1v) is 11.3. The van der Waals surface area contributed by atoms with Crippen molar-refractivity contribution >= 4 is 22.9 Å². The molecule has 1 saturated heterocycles. The van der Waals surface area contributed by atoms with Gasteiger partial charge in [0, 0.05) is 47.5 Å². The number of amides is 1. The number of benzene rings is 2. The summed E-state index contributed by atoms with van der Waals surface area (Å²) in [6, 6.07) is 18.5. The molecule has 1 aliphatic rings. The molecule has 0 radical (unpaired) electrons. The van der Waals surface area contributed by atoms with Crippen LogP contribution in [0.4, 0.5) is 0 Å². The number of likely N-dealkylation sites (tertiary alicyclic amines) is 1. The summed E-state index contributed by atoms with van der Waals surface area (Å²) in [6.45, 7) is 5.61. The Morgan fingerprint density at radius 2 is 1.75 bits per heavy atom. The summed E-state index contributed by atoms with van der Waals surface area (Å²) < 4.78 is 1.94. The number of rotatable bonds is 4. The number of carbonyl (C=O) groups excluding carboxylic acids is 1. The molecule has 1 aliphatic heterocycles. The number of hydrogen-bond acceptors (Lipinski definition) is 2. The lowest BCUT2D eigenvalue weighted by atomic mass is 9.89. The van der Waals surface area contributed by atoms with Crippen molar-refractivity contribution in [1.29, 1.82) is 0 Å². The standard InChI is InChI=1S/C27H28N4O/c1-19-23(20(2)31(29-19)22-8-4-3-5-9-22)12-13-27(32)30-16-14-21(15-17-30)25-18-28-26-11-7-6-10-24(25)26/h3-13,18,21,28H,14-17H2,1-2H3/b13-12+. The highest BCUT2D eigenvalue weighted by atomic mass is 16.2. The fraction of sp³-hybridized carbons (Fsp3) is 0.259. The van der Waals surface area contributed by atoms with Crippen molar-refractivity contribution in [3.63, 3.8) is 0 Å². The third kappa shape index (κ3) is 3.75. The fourth-order valence-electron chi connectivity index (χ4n) is 4.82. The average Bonchev–Trinajstić information content (AvgIpc) is 3.39. The van der Waals surface area contributed by atoms with Crippen LogP contribution in [0, 0.1) is 13.8 Å². The zero-order chi connectivity index (χ0) is 22.1. The van der Waals surface area contributed by atoms with Gasteiger partial charge in [-0.3, -0.25) is 4.79 Å². The van der Waals surface area contributed by atoms with Crippen molar-refractivity contribution in [2.75, 3.05) is 13.1 Å². The van der Waals surface area contributed by atoms with Crippen molar-refractivity contribution < 1.29 is 4.79 Å². The maximum absolute atomic E-state index is 12.9. The number of carbonyl (C=O) groups is 1. The van der Waals surface area contributed by atoms with E-state index in [4.69, 9.17) is 0 Å². The minimum Gasteiger partial charge on any atom is -0.361 e. The average molecular weight is 425 g/mol. The molecular weight excluding hydrogens is 396 g/mol. The number of H-pyrrole nitrogens is 1. The maximum Gasteiger partial charge on any atom is 0.246 e. The minimum atomic E-state index is 0.0774. The number of nitrogens with zero attached hydrogens (tertiary/aromatic N) is 3. The molecule has 0 unspecified atom stereocenters. The molecule has 5 nitrogen and oxygen atoms in total. The Balaban J connectivity index is 1.26. The first-order chi connectivity index (χ1) is 15.6. The molecule has 0 saturated carbocycles. The van der Waals surface area contributed by atoms with Gasteiger partial charge in [-0.2, -0.15) is 5.10 Å². The topological polar surface area (TPSA) is 53.9 Å². The van der Waals surface area contributed by atoms with E-state index in [2.05, 4.69) is 40.5 Å². The Morgan fingerprint density at radius 3 is 2.53 bits per heavy atom. The minimum absolute atomic E-state index is 0.0774. The summed E-state index contributed by atoms with van der Waals surface area (Å²) >= 11 is 0. The van der Waals surface area contributed by atoms with Crippen molar-refractivity contribution in [2.24, 2.45) is 0 Å². The van der Waals surface area contributed by atoms with E-state index in [1.165, 1.54) is 16.5 Å². The van der Waals surface area contributed by atoms with Gasteiger partial charge >= 0.3 is 0 Å². The van der Waals surface area contributed by atoms with Crippen molar-refractivity contribution in [2.45, 2.75) is 32.6 Å². The molecule has 4 aromatic rings. The Morgan fingerprint density at radius 1 is 1.03 bits per heavy atom.